The Bertz CT molecular complexity index is 731. The average molecular weight is 352 g/mol. The maximum absolute atomic E-state index is 11.8. The third-order valence-electron chi connectivity index (χ3n) is 2.93. The topological polar surface area (TPSA) is 76.7 Å². The first-order valence-corrected chi connectivity index (χ1v) is 7.48. The lowest BCUT2D eigenvalue weighted by molar-refractivity contribution is -0.123. The molecule has 1 amide bonds. The van der Waals surface area contributed by atoms with Gasteiger partial charge in [0.1, 0.15) is 5.75 Å². The molecule has 2 aromatic rings. The molecule has 0 aliphatic rings. The minimum atomic E-state index is -0.397. The molecule has 0 aromatic heterocycles. The summed E-state index contributed by atoms with van der Waals surface area (Å²) < 4.78 is 5.32. The Morgan fingerprint density at radius 3 is 2.57 bits per heavy atom. The highest BCUT2D eigenvalue weighted by atomic mass is 35.5. The van der Waals surface area contributed by atoms with Gasteiger partial charge in [-0.2, -0.15) is 5.10 Å². The fourth-order valence-corrected chi connectivity index (χ4v) is 2.17. The maximum atomic E-state index is 11.8. The first-order valence-electron chi connectivity index (χ1n) is 6.72. The van der Waals surface area contributed by atoms with Crippen molar-refractivity contribution in [1.82, 2.24) is 5.43 Å². The molecule has 0 radical (unpaired) electrons. The van der Waals surface area contributed by atoms with Crippen molar-refractivity contribution in [3.05, 3.63) is 58.1 Å². The number of amides is 1. The molecule has 5 nitrogen and oxygen atoms in total. The van der Waals surface area contributed by atoms with Crippen LogP contribution in [0.1, 0.15) is 12.5 Å². The van der Waals surface area contributed by atoms with Gasteiger partial charge >= 0.3 is 0 Å². The van der Waals surface area contributed by atoms with Crippen molar-refractivity contribution < 1.29 is 9.53 Å². The van der Waals surface area contributed by atoms with E-state index in [-0.39, 0.29) is 6.61 Å². The monoisotopic (exact) mass is 351 g/mol. The number of benzene rings is 2. The van der Waals surface area contributed by atoms with E-state index in [1.165, 1.54) is 0 Å². The molecular weight excluding hydrogens is 337 g/mol. The molecule has 0 aliphatic heterocycles. The largest absolute Gasteiger partial charge is 0.482 e. The van der Waals surface area contributed by atoms with Crippen LogP contribution >= 0.6 is 23.2 Å². The number of rotatable bonds is 5. The van der Waals surface area contributed by atoms with Gasteiger partial charge in [-0.05, 0) is 42.8 Å². The van der Waals surface area contributed by atoms with Crippen LogP contribution < -0.4 is 15.9 Å². The first-order chi connectivity index (χ1) is 11.0. The van der Waals surface area contributed by atoms with Crippen LogP contribution in [0.2, 0.25) is 10.0 Å². The minimum absolute atomic E-state index is 0.208. The number of ether oxygens (including phenoxy) is 1. The van der Waals surface area contributed by atoms with Crippen molar-refractivity contribution in [3.63, 3.8) is 0 Å². The lowest BCUT2D eigenvalue weighted by Gasteiger charge is -2.07. The Kier molecular flexibility index (Phi) is 5.84. The normalized spacial score (nSPS) is 11.2. The van der Waals surface area contributed by atoms with Crippen molar-refractivity contribution >= 4 is 40.5 Å². The number of nitrogens with one attached hydrogen (secondary N) is 1. The second-order valence-electron chi connectivity index (χ2n) is 4.72. The van der Waals surface area contributed by atoms with E-state index in [0.29, 0.717) is 27.2 Å². The zero-order chi connectivity index (χ0) is 16.8. The highest BCUT2D eigenvalue weighted by Crippen LogP contribution is 2.27. The fraction of sp³-hybridized carbons (Fsp3) is 0.125. The van der Waals surface area contributed by atoms with Crippen LogP contribution in [0.3, 0.4) is 0 Å². The number of nitrogens with two attached hydrogens (primary N) is 1. The van der Waals surface area contributed by atoms with Gasteiger partial charge in [0.2, 0.25) is 0 Å². The summed E-state index contributed by atoms with van der Waals surface area (Å²) in [6, 6.07) is 11.9. The average Bonchev–Trinajstić information content (AvgIpc) is 2.52. The molecule has 0 saturated heterocycles. The highest BCUT2D eigenvalue weighted by Gasteiger charge is 2.06. The first kappa shape index (κ1) is 17.1. The lowest BCUT2D eigenvalue weighted by Crippen LogP contribution is -2.25. The smallest absolute Gasteiger partial charge is 0.277 e. The van der Waals surface area contributed by atoms with Gasteiger partial charge in [-0.15, -0.1) is 0 Å². The molecule has 2 aromatic carbocycles. The summed E-state index contributed by atoms with van der Waals surface area (Å²) >= 11 is 11.7. The molecule has 120 valence electrons. The SMILES string of the molecule is C/C(=N/NC(=O)COc1ccc(Cl)cc1Cl)c1ccc(N)cc1. The quantitative estimate of drug-likeness (QED) is 0.491. The molecule has 0 atom stereocenters. The summed E-state index contributed by atoms with van der Waals surface area (Å²) in [6.07, 6.45) is 0. The van der Waals surface area contributed by atoms with Crippen LogP contribution in [0, 0.1) is 0 Å². The van der Waals surface area contributed by atoms with Crippen LogP contribution in [0.15, 0.2) is 47.6 Å². The number of hydrogen-bond acceptors (Lipinski definition) is 4. The van der Waals surface area contributed by atoms with Crippen molar-refractivity contribution in [1.29, 1.82) is 0 Å². The van der Waals surface area contributed by atoms with Gasteiger partial charge in [0.15, 0.2) is 6.61 Å². The summed E-state index contributed by atoms with van der Waals surface area (Å²) in [4.78, 5) is 11.8. The Balaban J connectivity index is 1.89. The third kappa shape index (κ3) is 5.16. The van der Waals surface area contributed by atoms with Gasteiger partial charge < -0.3 is 10.5 Å². The third-order valence-corrected chi connectivity index (χ3v) is 3.46. The molecule has 0 fully saturated rings. The van der Waals surface area contributed by atoms with E-state index in [1.807, 2.05) is 12.1 Å². The molecule has 0 aliphatic carbocycles. The zero-order valence-electron chi connectivity index (χ0n) is 12.3. The van der Waals surface area contributed by atoms with Gasteiger partial charge in [0.05, 0.1) is 10.7 Å². The predicted molar refractivity (Wildman–Crippen MR) is 93.2 cm³/mol. The summed E-state index contributed by atoms with van der Waals surface area (Å²) in [7, 11) is 0. The molecule has 0 unspecified atom stereocenters. The molecule has 3 N–H and O–H groups in total. The van der Waals surface area contributed by atoms with Gasteiger partial charge in [-0.25, -0.2) is 5.43 Å². The zero-order valence-corrected chi connectivity index (χ0v) is 13.9. The maximum Gasteiger partial charge on any atom is 0.277 e. The Hall–Kier alpha value is -2.24. The molecule has 0 bridgehead atoms. The molecule has 7 heteroatoms. The molecule has 23 heavy (non-hydrogen) atoms. The summed E-state index contributed by atoms with van der Waals surface area (Å²) in [5, 5.41) is 4.85. The van der Waals surface area contributed by atoms with Crippen molar-refractivity contribution in [2.75, 3.05) is 12.3 Å². The van der Waals surface area contributed by atoms with Crippen LogP contribution in [-0.4, -0.2) is 18.2 Å². The number of hydrogen-bond donors (Lipinski definition) is 2. The number of nitrogens with zero attached hydrogens (tertiary/aromatic N) is 1. The molecule has 2 rings (SSSR count). The van der Waals surface area contributed by atoms with Gasteiger partial charge in [-0.3, -0.25) is 4.79 Å². The fourth-order valence-electron chi connectivity index (χ4n) is 1.70. The van der Waals surface area contributed by atoms with Crippen LogP contribution in [0.4, 0.5) is 5.69 Å². The van der Waals surface area contributed by atoms with Crippen LogP contribution in [0.25, 0.3) is 0 Å². The number of anilines is 1. The Morgan fingerprint density at radius 1 is 1.22 bits per heavy atom. The van der Waals surface area contributed by atoms with Crippen molar-refractivity contribution in [2.45, 2.75) is 6.92 Å². The predicted octanol–water partition coefficient (Wildman–Crippen LogP) is 3.49. The van der Waals surface area contributed by atoms with E-state index in [4.69, 9.17) is 33.7 Å². The van der Waals surface area contributed by atoms with Crippen LogP contribution in [0.5, 0.6) is 5.75 Å². The lowest BCUT2D eigenvalue weighted by atomic mass is 10.1. The second kappa shape index (κ2) is 7.85. The Morgan fingerprint density at radius 2 is 1.91 bits per heavy atom. The second-order valence-corrected chi connectivity index (χ2v) is 5.56. The summed E-state index contributed by atoms with van der Waals surface area (Å²) in [5.74, 6) is -0.0173. The van der Waals surface area contributed by atoms with Crippen molar-refractivity contribution in [3.8, 4) is 5.75 Å². The van der Waals surface area contributed by atoms with Gasteiger partial charge in [0, 0.05) is 10.7 Å². The minimum Gasteiger partial charge on any atom is -0.482 e. The number of carbonyl (C=O) groups is 1. The van der Waals surface area contributed by atoms with Gasteiger partial charge in [-0.1, -0.05) is 35.3 Å². The number of nitrogen functional groups attached to an aromatic ring is 1. The standard InChI is InChI=1S/C16H15Cl2N3O2/c1-10(11-2-5-13(19)6-3-11)20-21-16(22)9-23-15-7-4-12(17)8-14(15)18/h2-8H,9,19H2,1H3,(H,21,22)/b20-10-. The van der Waals surface area contributed by atoms with Crippen molar-refractivity contribution in [2.24, 2.45) is 5.10 Å². The molecular formula is C16H15Cl2N3O2. The van der Waals surface area contributed by atoms with E-state index in [9.17, 15) is 4.79 Å². The van der Waals surface area contributed by atoms with E-state index < -0.39 is 5.91 Å². The summed E-state index contributed by atoms with van der Waals surface area (Å²) in [5.41, 5.74) is 10.2. The number of hydrazone groups is 1. The molecule has 0 heterocycles. The molecule has 0 spiro atoms. The van der Waals surface area contributed by atoms with Crippen LogP contribution in [-0.2, 0) is 4.79 Å². The van der Waals surface area contributed by atoms with E-state index in [1.54, 1.807) is 37.3 Å². The van der Waals surface area contributed by atoms with Gasteiger partial charge in [0.25, 0.3) is 5.91 Å². The number of halogens is 2. The Labute approximate surface area is 144 Å². The summed E-state index contributed by atoms with van der Waals surface area (Å²) in [6.45, 7) is 1.57. The molecule has 0 saturated carbocycles. The number of carbonyl (C=O) groups excluding carboxylic acids is 1. The van der Waals surface area contributed by atoms with E-state index in [0.717, 1.165) is 5.56 Å². The van der Waals surface area contributed by atoms with E-state index in [2.05, 4.69) is 10.5 Å². The highest BCUT2D eigenvalue weighted by molar-refractivity contribution is 6.35. The van der Waals surface area contributed by atoms with E-state index >= 15 is 0 Å².